The first-order valence-electron chi connectivity index (χ1n) is 1.61. The van der Waals surface area contributed by atoms with Gasteiger partial charge in [0.2, 0.25) is 5.08 Å². The highest BCUT2D eigenvalue weighted by Crippen LogP contribution is 1.88. The molecule has 2 N–H and O–H groups in total. The summed E-state index contributed by atoms with van der Waals surface area (Å²) < 4.78 is 54.2. The van der Waals surface area contributed by atoms with Crippen molar-refractivity contribution in [2.45, 2.75) is 0 Å². The minimum absolute atomic E-state index is 0. The molecule has 0 bridgehead atoms. The zero-order valence-electron chi connectivity index (χ0n) is 4.05. The van der Waals surface area contributed by atoms with Crippen LogP contribution in [0.5, 0.6) is 0 Å². The Bertz CT molecular complexity index is 241. The van der Waals surface area contributed by atoms with Crippen LogP contribution in [0, 0.1) is 0 Å². The van der Waals surface area contributed by atoms with E-state index in [1.807, 2.05) is 0 Å². The molecule has 0 radical (unpaired) electrons. The third-order valence-corrected chi connectivity index (χ3v) is 2.68. The molecule has 0 amide bonds. The highest BCUT2D eigenvalue weighted by atomic mass is 32.3. The van der Waals surface area contributed by atoms with Gasteiger partial charge in [-0.25, -0.2) is 0 Å². The fourth-order valence-corrected chi connectivity index (χ4v) is 1.69. The van der Waals surface area contributed by atoms with Gasteiger partial charge in [0.05, 0.1) is 0 Å². The monoisotopic (exact) mass is 202 g/mol. The molecular weight excluding hydrogens is 196 g/mol. The Morgan fingerprint density at radius 2 is 1.10 bits per heavy atom. The van der Waals surface area contributed by atoms with Crippen LogP contribution in [0.3, 0.4) is 0 Å². The fraction of sp³-hybridized carbons (Fsp3) is 1.00. The predicted octanol–water partition coefficient (Wildman–Crippen LogP) is -2.20. The average Bonchev–Trinajstić information content (AvgIpc) is 1.14. The number of hydrogen-bond acceptors (Lipinski definition) is 4. The molecule has 0 saturated heterocycles. The van der Waals surface area contributed by atoms with Gasteiger partial charge in [-0.2, -0.15) is 16.8 Å². The van der Waals surface area contributed by atoms with Crippen LogP contribution < -0.4 is 0 Å². The second-order valence-electron chi connectivity index (χ2n) is 1.28. The zero-order valence-corrected chi connectivity index (χ0v) is 5.68. The largest absolute Gasteiger partial charge is 0.316 e. The SMILES string of the molecule is O=S(=O)(O)CS(=O)(=O)O.[MgH2]. The van der Waals surface area contributed by atoms with Crippen molar-refractivity contribution in [3.05, 3.63) is 0 Å². The molecular formula is CH6MgO6S2. The second kappa shape index (κ2) is 3.83. The molecule has 0 unspecified atom stereocenters. The first kappa shape index (κ1) is 13.2. The van der Waals surface area contributed by atoms with E-state index < -0.39 is 25.3 Å². The fourth-order valence-electron chi connectivity index (χ4n) is 0.188. The lowest BCUT2D eigenvalue weighted by Crippen LogP contribution is -2.13. The molecule has 10 heavy (non-hydrogen) atoms. The normalized spacial score (nSPS) is 12.2. The molecule has 0 aliphatic carbocycles. The summed E-state index contributed by atoms with van der Waals surface area (Å²) in [5.41, 5.74) is 0. The van der Waals surface area contributed by atoms with Gasteiger partial charge in [0.15, 0.2) is 0 Å². The molecule has 0 saturated carbocycles. The Morgan fingerprint density at radius 3 is 1.10 bits per heavy atom. The lowest BCUT2D eigenvalue weighted by Gasteiger charge is -1.89. The Balaban J connectivity index is 0. The molecule has 0 spiro atoms. The van der Waals surface area contributed by atoms with E-state index in [-0.39, 0.29) is 23.1 Å². The van der Waals surface area contributed by atoms with Crippen molar-refractivity contribution in [2.75, 3.05) is 5.08 Å². The van der Waals surface area contributed by atoms with Crippen molar-refractivity contribution in [1.82, 2.24) is 0 Å². The topological polar surface area (TPSA) is 109 Å². The van der Waals surface area contributed by atoms with Gasteiger partial charge in [-0.1, -0.05) is 0 Å². The molecule has 0 fully saturated rings. The van der Waals surface area contributed by atoms with E-state index in [4.69, 9.17) is 9.11 Å². The Morgan fingerprint density at radius 1 is 0.900 bits per heavy atom. The summed E-state index contributed by atoms with van der Waals surface area (Å²) in [5.74, 6) is 0. The summed E-state index contributed by atoms with van der Waals surface area (Å²) >= 11 is 0. The van der Waals surface area contributed by atoms with Gasteiger partial charge in [-0.3, -0.25) is 9.11 Å². The predicted molar refractivity (Wildman–Crippen MR) is 36.5 cm³/mol. The first-order valence-corrected chi connectivity index (χ1v) is 4.83. The summed E-state index contributed by atoms with van der Waals surface area (Å²) in [6.45, 7) is 0. The number of rotatable bonds is 2. The van der Waals surface area contributed by atoms with Crippen LogP contribution in [0.15, 0.2) is 0 Å². The summed E-state index contributed by atoms with van der Waals surface area (Å²) in [6, 6.07) is 0. The van der Waals surface area contributed by atoms with Gasteiger partial charge in [0.25, 0.3) is 20.2 Å². The third-order valence-electron chi connectivity index (χ3n) is 0.298. The minimum atomic E-state index is -4.62. The van der Waals surface area contributed by atoms with E-state index in [9.17, 15) is 16.8 Å². The van der Waals surface area contributed by atoms with Gasteiger partial charge in [-0.05, 0) is 0 Å². The van der Waals surface area contributed by atoms with Crippen LogP contribution in [-0.4, -0.2) is 54.1 Å². The van der Waals surface area contributed by atoms with Gasteiger partial charge in [0.1, 0.15) is 0 Å². The van der Waals surface area contributed by atoms with Crippen molar-refractivity contribution in [2.24, 2.45) is 0 Å². The summed E-state index contributed by atoms with van der Waals surface area (Å²) in [6.07, 6.45) is 0. The Labute approximate surface area is 74.3 Å². The van der Waals surface area contributed by atoms with Crippen molar-refractivity contribution >= 4 is 43.3 Å². The van der Waals surface area contributed by atoms with Crippen LogP contribution in [0.1, 0.15) is 0 Å². The van der Waals surface area contributed by atoms with Crippen LogP contribution in [0.2, 0.25) is 0 Å². The van der Waals surface area contributed by atoms with Crippen molar-refractivity contribution < 1.29 is 25.9 Å². The maximum atomic E-state index is 9.66. The van der Waals surface area contributed by atoms with E-state index in [2.05, 4.69) is 0 Å². The van der Waals surface area contributed by atoms with E-state index in [0.717, 1.165) is 0 Å². The smallest absolute Gasteiger partial charge is 0.285 e. The molecule has 0 aromatic carbocycles. The summed E-state index contributed by atoms with van der Waals surface area (Å²) in [5, 5.41) is -1.65. The standard InChI is InChI=1S/CH4O6S2.Mg.2H/c2-8(3,4)1-9(5,6)7;;;/h1H2,(H,2,3,4)(H,5,6,7);;;. The summed E-state index contributed by atoms with van der Waals surface area (Å²) in [4.78, 5) is 0. The first-order chi connectivity index (χ1) is 3.71. The van der Waals surface area contributed by atoms with Crippen molar-refractivity contribution in [1.29, 1.82) is 0 Å². The van der Waals surface area contributed by atoms with Gasteiger partial charge >= 0.3 is 23.1 Å². The molecule has 0 rings (SSSR count). The van der Waals surface area contributed by atoms with E-state index in [0.29, 0.717) is 0 Å². The highest BCUT2D eigenvalue weighted by Gasteiger charge is 2.15. The molecule has 0 atom stereocenters. The minimum Gasteiger partial charge on any atom is -0.285 e. The van der Waals surface area contributed by atoms with Crippen LogP contribution in [-0.2, 0) is 20.2 Å². The maximum Gasteiger partial charge on any atom is 0.316 e. The van der Waals surface area contributed by atoms with Crippen molar-refractivity contribution in [3.63, 3.8) is 0 Å². The van der Waals surface area contributed by atoms with Gasteiger partial charge in [-0.15, -0.1) is 0 Å². The van der Waals surface area contributed by atoms with Crippen LogP contribution in [0.25, 0.3) is 0 Å². The van der Waals surface area contributed by atoms with Crippen LogP contribution >= 0.6 is 0 Å². The molecule has 0 aromatic heterocycles. The summed E-state index contributed by atoms with van der Waals surface area (Å²) in [7, 11) is -9.24. The second-order valence-corrected chi connectivity index (χ2v) is 4.55. The Hall–Kier alpha value is 0.586. The van der Waals surface area contributed by atoms with E-state index in [1.54, 1.807) is 0 Å². The molecule has 0 heterocycles. The van der Waals surface area contributed by atoms with Gasteiger partial charge < -0.3 is 0 Å². The lowest BCUT2D eigenvalue weighted by atomic mass is 11.9. The lowest BCUT2D eigenvalue weighted by molar-refractivity contribution is 0.471. The Kier molecular flexibility index (Phi) is 5.05. The molecule has 0 aliphatic heterocycles. The van der Waals surface area contributed by atoms with E-state index >= 15 is 0 Å². The van der Waals surface area contributed by atoms with E-state index in [1.165, 1.54) is 0 Å². The molecule has 9 heteroatoms. The maximum absolute atomic E-state index is 9.66. The third kappa shape index (κ3) is 11.4. The number of hydrogen-bond donors (Lipinski definition) is 2. The van der Waals surface area contributed by atoms with Crippen LogP contribution in [0.4, 0.5) is 0 Å². The molecule has 0 aliphatic rings. The average molecular weight is 202 g/mol. The highest BCUT2D eigenvalue weighted by molar-refractivity contribution is 8.02. The van der Waals surface area contributed by atoms with Gasteiger partial charge in [0, 0.05) is 0 Å². The zero-order chi connectivity index (χ0) is 7.71. The molecule has 0 aromatic rings. The molecule has 6 nitrogen and oxygen atoms in total. The molecule has 60 valence electrons. The van der Waals surface area contributed by atoms with Crippen molar-refractivity contribution in [3.8, 4) is 0 Å². The quantitative estimate of drug-likeness (QED) is 0.389.